The Morgan fingerprint density at radius 3 is 2.77 bits per heavy atom. The number of hydrogen-bond donors (Lipinski definition) is 0. The largest absolute Gasteiger partial charge is 0.497 e. The molecule has 8 heteroatoms. The number of halogens is 1. The number of sulfone groups is 1. The fraction of sp³-hybridized carbons (Fsp3) is 0.318. The number of fused-ring (bicyclic) bond motifs is 1. The van der Waals surface area contributed by atoms with Crippen LogP contribution in [0.4, 0.5) is 0 Å². The molecule has 1 atom stereocenters. The van der Waals surface area contributed by atoms with Crippen molar-refractivity contribution in [3.63, 3.8) is 0 Å². The van der Waals surface area contributed by atoms with Crippen LogP contribution in [0.15, 0.2) is 42.5 Å². The number of aryl methyl sites for hydroxylation is 1. The first-order valence-electron chi connectivity index (χ1n) is 9.60. The van der Waals surface area contributed by atoms with Gasteiger partial charge in [-0.25, -0.2) is 8.42 Å². The van der Waals surface area contributed by atoms with Gasteiger partial charge in [0, 0.05) is 22.7 Å². The van der Waals surface area contributed by atoms with Crippen molar-refractivity contribution in [2.24, 2.45) is 0 Å². The van der Waals surface area contributed by atoms with Crippen LogP contribution < -0.4 is 4.74 Å². The number of hydrogen-bond acceptors (Lipinski definition) is 5. The minimum atomic E-state index is -3.15. The van der Waals surface area contributed by atoms with Gasteiger partial charge in [0.15, 0.2) is 9.84 Å². The first-order chi connectivity index (χ1) is 14.3. The lowest BCUT2D eigenvalue weighted by molar-refractivity contribution is 0.0686. The zero-order valence-electron chi connectivity index (χ0n) is 16.7. The minimum Gasteiger partial charge on any atom is -0.497 e. The molecule has 1 aromatic heterocycles. The van der Waals surface area contributed by atoms with E-state index in [-0.39, 0.29) is 23.5 Å². The monoisotopic (exact) mass is 463 g/mol. The van der Waals surface area contributed by atoms with Crippen molar-refractivity contribution in [2.75, 3.05) is 18.6 Å². The van der Waals surface area contributed by atoms with Crippen LogP contribution in [0.3, 0.4) is 0 Å². The molecule has 1 fully saturated rings. The Kier molecular flexibility index (Phi) is 5.79. The number of amides is 1. The van der Waals surface area contributed by atoms with Crippen LogP contribution in [0.1, 0.15) is 27.2 Å². The standard InChI is InChI=1S/C22H22ClNO4S2/c1-14-6-7-18-19(10-14)29-21(20(18)23)22(25)24(16-8-9-30(26,27)13-16)12-15-4-3-5-17(11-15)28-2/h3-7,10-11,16H,8-9,12-13H2,1-2H3/t16-/m0/s1. The normalized spacial score (nSPS) is 17.9. The highest BCUT2D eigenvalue weighted by atomic mass is 35.5. The molecule has 3 aromatic rings. The van der Waals surface area contributed by atoms with E-state index in [9.17, 15) is 13.2 Å². The maximum Gasteiger partial charge on any atom is 0.266 e. The third-order valence-corrected chi connectivity index (χ3v) is 8.77. The third-order valence-electron chi connectivity index (χ3n) is 5.38. The van der Waals surface area contributed by atoms with Crippen LogP contribution in [-0.4, -0.2) is 43.9 Å². The SMILES string of the molecule is COc1cccc(CN(C(=O)c2sc3cc(C)ccc3c2Cl)[C@H]2CCS(=O)(=O)C2)c1. The maximum atomic E-state index is 13.6. The Morgan fingerprint density at radius 1 is 1.27 bits per heavy atom. The molecule has 2 aromatic carbocycles. The Bertz CT molecular complexity index is 1220. The van der Waals surface area contributed by atoms with Gasteiger partial charge in [-0.2, -0.15) is 0 Å². The fourth-order valence-electron chi connectivity index (χ4n) is 3.80. The van der Waals surface area contributed by atoms with E-state index < -0.39 is 9.84 Å². The molecule has 0 spiro atoms. The second kappa shape index (κ2) is 8.21. The zero-order valence-corrected chi connectivity index (χ0v) is 19.1. The predicted octanol–water partition coefficient (Wildman–Crippen LogP) is 4.70. The molecule has 1 aliphatic heterocycles. The fourth-order valence-corrected chi connectivity index (χ4v) is 7.09. The van der Waals surface area contributed by atoms with Crippen molar-refractivity contribution in [3.8, 4) is 5.75 Å². The van der Waals surface area contributed by atoms with Gasteiger partial charge in [0.1, 0.15) is 10.6 Å². The molecule has 5 nitrogen and oxygen atoms in total. The van der Waals surface area contributed by atoms with Crippen LogP contribution in [0.5, 0.6) is 5.75 Å². The van der Waals surface area contributed by atoms with E-state index in [4.69, 9.17) is 16.3 Å². The second-order valence-electron chi connectivity index (χ2n) is 7.59. The second-order valence-corrected chi connectivity index (χ2v) is 11.2. The molecule has 158 valence electrons. The number of rotatable bonds is 5. The van der Waals surface area contributed by atoms with Gasteiger partial charge in [0.05, 0.1) is 23.6 Å². The van der Waals surface area contributed by atoms with Crippen molar-refractivity contribution in [2.45, 2.75) is 25.9 Å². The molecule has 4 rings (SSSR count). The van der Waals surface area contributed by atoms with Crippen molar-refractivity contribution >= 4 is 48.8 Å². The van der Waals surface area contributed by atoms with E-state index in [2.05, 4.69) is 0 Å². The third kappa shape index (κ3) is 4.19. The molecule has 0 bridgehead atoms. The number of carbonyl (C=O) groups is 1. The quantitative estimate of drug-likeness (QED) is 0.550. The molecule has 0 unspecified atom stereocenters. The lowest BCUT2D eigenvalue weighted by Gasteiger charge is -2.28. The Morgan fingerprint density at radius 2 is 2.07 bits per heavy atom. The van der Waals surface area contributed by atoms with E-state index in [1.165, 1.54) is 11.3 Å². The summed E-state index contributed by atoms with van der Waals surface area (Å²) in [5.41, 5.74) is 1.97. The first kappa shape index (κ1) is 21.2. The van der Waals surface area contributed by atoms with Gasteiger partial charge in [-0.1, -0.05) is 35.9 Å². The summed E-state index contributed by atoms with van der Waals surface area (Å²) in [4.78, 5) is 15.7. The van der Waals surface area contributed by atoms with E-state index in [0.29, 0.717) is 28.6 Å². The molecule has 0 N–H and O–H groups in total. The molecule has 1 saturated heterocycles. The average molecular weight is 464 g/mol. The molecular weight excluding hydrogens is 442 g/mol. The highest BCUT2D eigenvalue weighted by Gasteiger charge is 2.36. The van der Waals surface area contributed by atoms with Gasteiger partial charge in [-0.15, -0.1) is 11.3 Å². The van der Waals surface area contributed by atoms with Crippen LogP contribution in [-0.2, 0) is 16.4 Å². The summed E-state index contributed by atoms with van der Waals surface area (Å²) in [5.74, 6) is 0.529. The predicted molar refractivity (Wildman–Crippen MR) is 121 cm³/mol. The topological polar surface area (TPSA) is 63.7 Å². The molecule has 1 aliphatic rings. The van der Waals surface area contributed by atoms with Crippen LogP contribution in [0, 0.1) is 6.92 Å². The molecular formula is C22H22ClNO4S2. The van der Waals surface area contributed by atoms with E-state index in [1.807, 2.05) is 49.4 Å². The van der Waals surface area contributed by atoms with Crippen molar-refractivity contribution in [1.29, 1.82) is 0 Å². The average Bonchev–Trinajstić information content (AvgIpc) is 3.24. The number of methoxy groups -OCH3 is 1. The van der Waals surface area contributed by atoms with Crippen LogP contribution >= 0.6 is 22.9 Å². The lowest BCUT2D eigenvalue weighted by atomic mass is 10.1. The van der Waals surface area contributed by atoms with Crippen molar-refractivity contribution in [1.82, 2.24) is 4.90 Å². The highest BCUT2D eigenvalue weighted by molar-refractivity contribution is 7.91. The molecule has 0 radical (unpaired) electrons. The lowest BCUT2D eigenvalue weighted by Crippen LogP contribution is -2.40. The molecule has 1 amide bonds. The van der Waals surface area contributed by atoms with Crippen LogP contribution in [0.2, 0.25) is 5.02 Å². The molecule has 30 heavy (non-hydrogen) atoms. The van der Waals surface area contributed by atoms with E-state index in [1.54, 1.807) is 12.0 Å². The maximum absolute atomic E-state index is 13.6. The molecule has 0 saturated carbocycles. The van der Waals surface area contributed by atoms with Crippen molar-refractivity contribution < 1.29 is 17.9 Å². The summed E-state index contributed by atoms with van der Waals surface area (Å²) >= 11 is 7.94. The summed E-state index contributed by atoms with van der Waals surface area (Å²) in [6.07, 6.45) is 0.430. The van der Waals surface area contributed by atoms with Gasteiger partial charge in [-0.05, 0) is 42.7 Å². The number of ether oxygens (including phenoxy) is 1. The van der Waals surface area contributed by atoms with E-state index >= 15 is 0 Å². The Balaban J connectivity index is 1.73. The first-order valence-corrected chi connectivity index (χ1v) is 12.6. The summed E-state index contributed by atoms with van der Waals surface area (Å²) in [7, 11) is -1.56. The summed E-state index contributed by atoms with van der Waals surface area (Å²) in [5, 5.41) is 1.27. The van der Waals surface area contributed by atoms with Gasteiger partial charge in [-0.3, -0.25) is 4.79 Å². The van der Waals surface area contributed by atoms with Gasteiger partial charge < -0.3 is 9.64 Å². The number of thiophene rings is 1. The molecule has 2 heterocycles. The summed E-state index contributed by atoms with van der Waals surface area (Å²) < 4.78 is 30.5. The van der Waals surface area contributed by atoms with Gasteiger partial charge in [0.2, 0.25) is 0 Å². The van der Waals surface area contributed by atoms with Gasteiger partial charge in [0.25, 0.3) is 5.91 Å². The zero-order chi connectivity index (χ0) is 21.5. The minimum absolute atomic E-state index is 0.0235. The number of benzene rings is 2. The highest BCUT2D eigenvalue weighted by Crippen LogP contribution is 2.37. The molecule has 0 aliphatic carbocycles. The smallest absolute Gasteiger partial charge is 0.266 e. The number of nitrogens with zero attached hydrogens (tertiary/aromatic N) is 1. The van der Waals surface area contributed by atoms with Gasteiger partial charge >= 0.3 is 0 Å². The number of carbonyl (C=O) groups excluding carboxylic acids is 1. The van der Waals surface area contributed by atoms with Crippen LogP contribution in [0.25, 0.3) is 10.1 Å². The van der Waals surface area contributed by atoms with E-state index in [0.717, 1.165) is 21.2 Å². The Hall–Kier alpha value is -2.09. The summed E-state index contributed by atoms with van der Waals surface area (Å²) in [6.45, 7) is 2.28. The Labute approximate surface area is 185 Å². The summed E-state index contributed by atoms with van der Waals surface area (Å²) in [6, 6.07) is 13.0. The van der Waals surface area contributed by atoms with Crippen molar-refractivity contribution in [3.05, 3.63) is 63.5 Å².